The average Bonchev–Trinajstić information content (AvgIpc) is 2.80. The first kappa shape index (κ1) is 20.9. The van der Waals surface area contributed by atoms with Crippen molar-refractivity contribution in [3.63, 3.8) is 0 Å². The Morgan fingerprint density at radius 1 is 0.867 bits per heavy atom. The SMILES string of the molecule is CN1CCN(CC2CCN(C(=O)NC(c3ccccc3)c3ccccc3)CC2)CC1. The molecule has 2 saturated heterocycles. The zero-order chi connectivity index (χ0) is 20.8. The number of nitrogens with one attached hydrogen (secondary N) is 1. The van der Waals surface area contributed by atoms with Gasteiger partial charge in [0.2, 0.25) is 0 Å². The fourth-order valence-corrected chi connectivity index (χ4v) is 4.58. The second-order valence-electron chi connectivity index (χ2n) is 8.74. The number of carbonyl (C=O) groups excluding carboxylic acids is 1. The third kappa shape index (κ3) is 5.41. The summed E-state index contributed by atoms with van der Waals surface area (Å²) < 4.78 is 0. The van der Waals surface area contributed by atoms with Crippen molar-refractivity contribution in [1.29, 1.82) is 0 Å². The average molecular weight is 407 g/mol. The van der Waals surface area contributed by atoms with Crippen molar-refractivity contribution < 1.29 is 4.79 Å². The van der Waals surface area contributed by atoms with E-state index in [1.165, 1.54) is 32.7 Å². The lowest BCUT2D eigenvalue weighted by Gasteiger charge is -2.38. The summed E-state index contributed by atoms with van der Waals surface area (Å²) in [5.41, 5.74) is 2.23. The summed E-state index contributed by atoms with van der Waals surface area (Å²) in [5, 5.41) is 3.29. The Hall–Kier alpha value is -2.37. The van der Waals surface area contributed by atoms with Crippen molar-refractivity contribution in [2.24, 2.45) is 5.92 Å². The maximum absolute atomic E-state index is 13.1. The topological polar surface area (TPSA) is 38.8 Å². The first-order valence-electron chi connectivity index (χ1n) is 11.3. The molecule has 5 nitrogen and oxygen atoms in total. The number of carbonyl (C=O) groups is 1. The van der Waals surface area contributed by atoms with Crippen LogP contribution in [-0.4, -0.2) is 73.6 Å². The van der Waals surface area contributed by atoms with Gasteiger partial charge in [-0.25, -0.2) is 4.79 Å². The fraction of sp³-hybridized carbons (Fsp3) is 0.480. The Morgan fingerprint density at radius 3 is 1.93 bits per heavy atom. The van der Waals surface area contributed by atoms with Crippen LogP contribution in [0.4, 0.5) is 4.79 Å². The van der Waals surface area contributed by atoms with Gasteiger partial charge in [-0.15, -0.1) is 0 Å². The van der Waals surface area contributed by atoms with Crippen LogP contribution in [0.1, 0.15) is 30.0 Å². The summed E-state index contributed by atoms with van der Waals surface area (Å²) in [6, 6.07) is 20.4. The van der Waals surface area contributed by atoms with E-state index in [9.17, 15) is 4.79 Å². The highest BCUT2D eigenvalue weighted by Gasteiger charge is 2.27. The van der Waals surface area contributed by atoms with Crippen LogP contribution in [0.25, 0.3) is 0 Å². The molecular formula is C25H34N4O. The molecule has 2 aliphatic rings. The molecule has 0 aromatic heterocycles. The van der Waals surface area contributed by atoms with E-state index in [1.54, 1.807) is 0 Å². The van der Waals surface area contributed by atoms with E-state index < -0.39 is 0 Å². The predicted octanol–water partition coefficient (Wildman–Crippen LogP) is 3.45. The molecule has 160 valence electrons. The Balaban J connectivity index is 1.33. The first-order valence-corrected chi connectivity index (χ1v) is 11.3. The van der Waals surface area contributed by atoms with E-state index in [1.807, 2.05) is 41.3 Å². The van der Waals surface area contributed by atoms with Gasteiger partial charge in [-0.2, -0.15) is 0 Å². The van der Waals surface area contributed by atoms with Gasteiger partial charge in [0.05, 0.1) is 6.04 Å². The minimum Gasteiger partial charge on any atom is -0.327 e. The molecule has 0 spiro atoms. The van der Waals surface area contributed by atoms with Gasteiger partial charge in [0, 0.05) is 45.8 Å². The zero-order valence-electron chi connectivity index (χ0n) is 18.0. The Labute approximate surface area is 180 Å². The second-order valence-corrected chi connectivity index (χ2v) is 8.74. The minimum atomic E-state index is -0.122. The lowest BCUT2D eigenvalue weighted by atomic mass is 9.95. The Morgan fingerprint density at radius 2 is 1.40 bits per heavy atom. The third-order valence-corrected chi connectivity index (χ3v) is 6.55. The van der Waals surface area contributed by atoms with Gasteiger partial charge in [-0.3, -0.25) is 0 Å². The molecule has 0 radical (unpaired) electrons. The number of piperazine rings is 1. The molecule has 2 aliphatic heterocycles. The first-order chi connectivity index (χ1) is 14.7. The highest BCUT2D eigenvalue weighted by molar-refractivity contribution is 5.75. The molecule has 1 N–H and O–H groups in total. The summed E-state index contributed by atoms with van der Waals surface area (Å²) >= 11 is 0. The van der Waals surface area contributed by atoms with Gasteiger partial charge < -0.3 is 20.0 Å². The number of rotatable bonds is 5. The van der Waals surface area contributed by atoms with Crippen molar-refractivity contribution in [3.8, 4) is 0 Å². The maximum Gasteiger partial charge on any atom is 0.318 e. The maximum atomic E-state index is 13.1. The molecule has 0 aliphatic carbocycles. The van der Waals surface area contributed by atoms with E-state index in [0.717, 1.165) is 37.1 Å². The van der Waals surface area contributed by atoms with E-state index in [4.69, 9.17) is 0 Å². The lowest BCUT2D eigenvalue weighted by Crippen LogP contribution is -2.49. The van der Waals surface area contributed by atoms with Crippen LogP contribution in [-0.2, 0) is 0 Å². The number of benzene rings is 2. The fourth-order valence-electron chi connectivity index (χ4n) is 4.58. The molecule has 0 unspecified atom stereocenters. The van der Waals surface area contributed by atoms with Crippen molar-refractivity contribution in [1.82, 2.24) is 20.0 Å². The molecule has 2 heterocycles. The van der Waals surface area contributed by atoms with Crippen LogP contribution >= 0.6 is 0 Å². The highest BCUT2D eigenvalue weighted by atomic mass is 16.2. The largest absolute Gasteiger partial charge is 0.327 e. The van der Waals surface area contributed by atoms with Gasteiger partial charge in [0.25, 0.3) is 0 Å². The van der Waals surface area contributed by atoms with E-state index in [2.05, 4.69) is 46.4 Å². The molecule has 2 aromatic rings. The molecule has 0 atom stereocenters. The van der Waals surface area contributed by atoms with Crippen LogP contribution in [0.2, 0.25) is 0 Å². The quantitative estimate of drug-likeness (QED) is 0.827. The number of hydrogen-bond acceptors (Lipinski definition) is 3. The molecule has 2 amide bonds. The van der Waals surface area contributed by atoms with Gasteiger partial charge in [-0.05, 0) is 36.9 Å². The molecule has 2 aromatic carbocycles. The number of hydrogen-bond donors (Lipinski definition) is 1. The van der Waals surface area contributed by atoms with Crippen LogP contribution < -0.4 is 5.32 Å². The minimum absolute atomic E-state index is 0.0470. The number of nitrogens with zero attached hydrogens (tertiary/aromatic N) is 3. The summed E-state index contributed by atoms with van der Waals surface area (Å²) in [5.74, 6) is 0.705. The predicted molar refractivity (Wildman–Crippen MR) is 121 cm³/mol. The Kier molecular flexibility index (Phi) is 7.03. The number of likely N-dealkylation sites (N-methyl/N-ethyl adjacent to an activating group) is 1. The molecule has 30 heavy (non-hydrogen) atoms. The summed E-state index contributed by atoms with van der Waals surface area (Å²) in [6.45, 7) is 7.56. The van der Waals surface area contributed by atoms with Crippen LogP contribution in [0, 0.1) is 5.92 Å². The van der Waals surface area contributed by atoms with Gasteiger partial charge in [-0.1, -0.05) is 60.7 Å². The molecule has 2 fully saturated rings. The summed E-state index contributed by atoms with van der Waals surface area (Å²) in [4.78, 5) is 20.1. The van der Waals surface area contributed by atoms with Crippen molar-refractivity contribution in [2.45, 2.75) is 18.9 Å². The van der Waals surface area contributed by atoms with Gasteiger partial charge in [0.15, 0.2) is 0 Å². The number of amides is 2. The van der Waals surface area contributed by atoms with E-state index >= 15 is 0 Å². The molecule has 5 heteroatoms. The third-order valence-electron chi connectivity index (χ3n) is 6.55. The highest BCUT2D eigenvalue weighted by Crippen LogP contribution is 2.24. The smallest absolute Gasteiger partial charge is 0.318 e. The molecule has 0 saturated carbocycles. The molecule has 4 rings (SSSR count). The van der Waals surface area contributed by atoms with Gasteiger partial charge in [0.1, 0.15) is 0 Å². The summed E-state index contributed by atoms with van der Waals surface area (Å²) in [6.07, 6.45) is 2.20. The van der Waals surface area contributed by atoms with E-state index in [-0.39, 0.29) is 12.1 Å². The van der Waals surface area contributed by atoms with Crippen LogP contribution in [0.3, 0.4) is 0 Å². The number of likely N-dealkylation sites (tertiary alicyclic amines) is 1. The number of urea groups is 1. The molecule has 0 bridgehead atoms. The van der Waals surface area contributed by atoms with Crippen LogP contribution in [0.15, 0.2) is 60.7 Å². The monoisotopic (exact) mass is 406 g/mol. The van der Waals surface area contributed by atoms with Gasteiger partial charge >= 0.3 is 6.03 Å². The van der Waals surface area contributed by atoms with Crippen molar-refractivity contribution >= 4 is 6.03 Å². The Bertz CT molecular complexity index is 742. The number of piperidine rings is 1. The van der Waals surface area contributed by atoms with E-state index in [0.29, 0.717) is 5.92 Å². The standard InChI is InChI=1S/C25H34N4O/c1-27-16-18-28(19-17-27)20-21-12-14-29(15-13-21)25(30)26-24(22-8-4-2-5-9-22)23-10-6-3-7-11-23/h2-11,21,24H,12-20H2,1H3,(H,26,30). The molecular weight excluding hydrogens is 372 g/mol. The normalized spacial score (nSPS) is 19.2. The second kappa shape index (κ2) is 10.1. The van der Waals surface area contributed by atoms with Crippen LogP contribution in [0.5, 0.6) is 0 Å². The lowest BCUT2D eigenvalue weighted by molar-refractivity contribution is 0.110. The summed E-state index contributed by atoms with van der Waals surface area (Å²) in [7, 11) is 2.20. The zero-order valence-corrected chi connectivity index (χ0v) is 18.0. The van der Waals surface area contributed by atoms with Crippen molar-refractivity contribution in [2.75, 3.05) is 52.9 Å². The van der Waals surface area contributed by atoms with Crippen molar-refractivity contribution in [3.05, 3.63) is 71.8 Å².